The smallest absolute Gasteiger partial charge is 0.311 e. The van der Waals surface area contributed by atoms with Crippen molar-refractivity contribution in [2.24, 2.45) is 5.92 Å². The molecule has 0 aromatic heterocycles. The summed E-state index contributed by atoms with van der Waals surface area (Å²) in [5.74, 6) is -0.870. The van der Waals surface area contributed by atoms with Gasteiger partial charge in [-0.3, -0.25) is 9.59 Å². The maximum Gasteiger partial charge on any atom is 0.311 e. The number of halogens is 2. The summed E-state index contributed by atoms with van der Waals surface area (Å²) in [5.41, 5.74) is 0.680. The first-order valence-corrected chi connectivity index (χ1v) is 6.54. The molecule has 96 valence electrons. The summed E-state index contributed by atoms with van der Waals surface area (Å²) in [5, 5.41) is 0.529. The molecule has 4 nitrogen and oxygen atoms in total. The Morgan fingerprint density at radius 3 is 2.94 bits per heavy atom. The zero-order chi connectivity index (χ0) is 13.3. The van der Waals surface area contributed by atoms with Crippen molar-refractivity contribution in [2.75, 3.05) is 18.6 Å². The second kappa shape index (κ2) is 5.28. The molecule has 0 N–H and O–H groups in total. The van der Waals surface area contributed by atoms with E-state index in [2.05, 4.69) is 20.7 Å². The van der Waals surface area contributed by atoms with Gasteiger partial charge in [0.15, 0.2) is 0 Å². The molecule has 1 unspecified atom stereocenters. The van der Waals surface area contributed by atoms with Crippen LogP contribution in [0.1, 0.15) is 6.42 Å². The molecular formula is C12H11BrClNO3. The molecule has 0 radical (unpaired) electrons. The zero-order valence-electron chi connectivity index (χ0n) is 9.65. The number of esters is 1. The van der Waals surface area contributed by atoms with Crippen LogP contribution in [-0.2, 0) is 14.3 Å². The third kappa shape index (κ3) is 2.37. The Labute approximate surface area is 118 Å². The lowest BCUT2D eigenvalue weighted by Crippen LogP contribution is -2.26. The third-order valence-corrected chi connectivity index (χ3v) is 4.26. The fourth-order valence-electron chi connectivity index (χ4n) is 1.97. The second-order valence-corrected chi connectivity index (χ2v) is 5.20. The number of hydrogen-bond donors (Lipinski definition) is 0. The Kier molecular flexibility index (Phi) is 3.92. The summed E-state index contributed by atoms with van der Waals surface area (Å²) in [7, 11) is 1.32. The molecule has 0 bridgehead atoms. The molecule has 0 spiro atoms. The topological polar surface area (TPSA) is 46.6 Å². The van der Waals surface area contributed by atoms with Gasteiger partial charge in [0, 0.05) is 13.0 Å². The Hall–Kier alpha value is -1.07. The van der Waals surface area contributed by atoms with E-state index in [-0.39, 0.29) is 18.3 Å². The van der Waals surface area contributed by atoms with Crippen LogP contribution in [0, 0.1) is 5.92 Å². The van der Waals surface area contributed by atoms with Crippen LogP contribution in [-0.4, -0.2) is 25.5 Å². The third-order valence-electron chi connectivity index (χ3n) is 2.88. The van der Waals surface area contributed by atoms with Gasteiger partial charge in [0.05, 0.1) is 28.2 Å². The Bertz CT molecular complexity index is 506. The molecule has 1 aromatic rings. The van der Waals surface area contributed by atoms with Crippen molar-refractivity contribution in [3.8, 4) is 0 Å². The highest BCUT2D eigenvalue weighted by Gasteiger charge is 2.36. The van der Waals surface area contributed by atoms with E-state index in [4.69, 9.17) is 11.6 Å². The number of benzene rings is 1. The van der Waals surface area contributed by atoms with Crippen molar-refractivity contribution in [2.45, 2.75) is 6.42 Å². The molecule has 0 aliphatic carbocycles. The van der Waals surface area contributed by atoms with Crippen LogP contribution in [0.4, 0.5) is 5.69 Å². The highest BCUT2D eigenvalue weighted by atomic mass is 79.9. The first-order chi connectivity index (χ1) is 8.54. The minimum absolute atomic E-state index is 0.103. The summed E-state index contributed by atoms with van der Waals surface area (Å²) in [4.78, 5) is 24.9. The van der Waals surface area contributed by atoms with E-state index < -0.39 is 5.92 Å². The molecule has 2 rings (SSSR count). The Morgan fingerprint density at radius 1 is 1.56 bits per heavy atom. The summed E-state index contributed by atoms with van der Waals surface area (Å²) in [6.07, 6.45) is 0.172. The van der Waals surface area contributed by atoms with Crippen molar-refractivity contribution >= 4 is 45.1 Å². The lowest BCUT2D eigenvalue weighted by atomic mass is 10.1. The van der Waals surface area contributed by atoms with Gasteiger partial charge in [-0.15, -0.1) is 0 Å². The highest BCUT2D eigenvalue weighted by molar-refractivity contribution is 9.10. The monoisotopic (exact) mass is 331 g/mol. The number of amides is 1. The SMILES string of the molecule is COC(=O)C1CC(=O)N(c2cccc(Cl)c2Br)C1. The van der Waals surface area contributed by atoms with E-state index >= 15 is 0 Å². The van der Waals surface area contributed by atoms with E-state index in [1.54, 1.807) is 23.1 Å². The Morgan fingerprint density at radius 2 is 2.28 bits per heavy atom. The van der Waals surface area contributed by atoms with Crippen molar-refractivity contribution in [1.29, 1.82) is 0 Å². The fraction of sp³-hybridized carbons (Fsp3) is 0.333. The van der Waals surface area contributed by atoms with Gasteiger partial charge in [-0.05, 0) is 28.1 Å². The molecule has 18 heavy (non-hydrogen) atoms. The zero-order valence-corrected chi connectivity index (χ0v) is 12.0. The number of ether oxygens (including phenoxy) is 1. The molecule has 1 heterocycles. The van der Waals surface area contributed by atoms with Crippen LogP contribution in [0.5, 0.6) is 0 Å². The maximum absolute atomic E-state index is 11.9. The molecule has 1 amide bonds. The normalized spacial score (nSPS) is 19.2. The quantitative estimate of drug-likeness (QED) is 0.782. The molecule has 1 aromatic carbocycles. The first-order valence-electron chi connectivity index (χ1n) is 5.36. The predicted octanol–water partition coefficient (Wildman–Crippen LogP) is 2.63. The van der Waals surface area contributed by atoms with Crippen LogP contribution in [0.25, 0.3) is 0 Å². The molecule has 1 saturated heterocycles. The Balaban J connectivity index is 2.27. The number of anilines is 1. The van der Waals surface area contributed by atoms with Gasteiger partial charge in [0.2, 0.25) is 5.91 Å². The van der Waals surface area contributed by atoms with Gasteiger partial charge in [-0.2, -0.15) is 0 Å². The van der Waals surface area contributed by atoms with E-state index in [0.717, 1.165) is 0 Å². The minimum Gasteiger partial charge on any atom is -0.469 e. The van der Waals surface area contributed by atoms with E-state index in [1.165, 1.54) is 7.11 Å². The highest BCUT2D eigenvalue weighted by Crippen LogP contribution is 2.36. The maximum atomic E-state index is 11.9. The van der Waals surface area contributed by atoms with Gasteiger partial charge >= 0.3 is 5.97 Å². The first kappa shape index (κ1) is 13.4. The summed E-state index contributed by atoms with van der Waals surface area (Å²) in [6.45, 7) is 0.324. The largest absolute Gasteiger partial charge is 0.469 e. The van der Waals surface area contributed by atoms with Crippen LogP contribution < -0.4 is 4.90 Å². The summed E-state index contributed by atoms with van der Waals surface area (Å²) >= 11 is 9.34. The number of rotatable bonds is 2. The van der Waals surface area contributed by atoms with Crippen molar-refractivity contribution in [3.63, 3.8) is 0 Å². The van der Waals surface area contributed by atoms with Gasteiger partial charge in [-0.1, -0.05) is 17.7 Å². The van der Waals surface area contributed by atoms with Gasteiger partial charge < -0.3 is 9.64 Å². The van der Waals surface area contributed by atoms with Crippen molar-refractivity contribution in [1.82, 2.24) is 0 Å². The average molecular weight is 333 g/mol. The lowest BCUT2D eigenvalue weighted by molar-refractivity contribution is -0.145. The second-order valence-electron chi connectivity index (χ2n) is 4.00. The standard InChI is InChI=1S/C12H11BrClNO3/c1-18-12(17)7-5-10(16)15(6-7)9-4-2-3-8(14)11(9)13/h2-4,7H,5-6H2,1H3. The molecular weight excluding hydrogens is 321 g/mol. The molecule has 1 fully saturated rings. The van der Waals surface area contributed by atoms with E-state index in [0.29, 0.717) is 21.7 Å². The number of carbonyl (C=O) groups is 2. The molecule has 0 saturated carbocycles. The fourth-order valence-corrected chi connectivity index (χ4v) is 2.61. The van der Waals surface area contributed by atoms with Crippen LogP contribution in [0.2, 0.25) is 5.02 Å². The van der Waals surface area contributed by atoms with Crippen LogP contribution in [0.15, 0.2) is 22.7 Å². The summed E-state index contributed by atoms with van der Waals surface area (Å²) < 4.78 is 5.32. The number of hydrogen-bond acceptors (Lipinski definition) is 3. The van der Waals surface area contributed by atoms with Gasteiger partial charge in [-0.25, -0.2) is 0 Å². The van der Waals surface area contributed by atoms with Crippen molar-refractivity contribution in [3.05, 3.63) is 27.7 Å². The van der Waals surface area contributed by atoms with E-state index in [9.17, 15) is 9.59 Å². The van der Waals surface area contributed by atoms with Crippen LogP contribution >= 0.6 is 27.5 Å². The lowest BCUT2D eigenvalue weighted by Gasteiger charge is -2.18. The van der Waals surface area contributed by atoms with Gasteiger partial charge in [0.1, 0.15) is 0 Å². The molecule has 1 aliphatic rings. The molecule has 1 atom stereocenters. The molecule has 6 heteroatoms. The molecule has 1 aliphatic heterocycles. The number of methoxy groups -OCH3 is 1. The number of carbonyl (C=O) groups excluding carboxylic acids is 2. The van der Waals surface area contributed by atoms with Crippen molar-refractivity contribution < 1.29 is 14.3 Å². The predicted molar refractivity (Wildman–Crippen MR) is 71.6 cm³/mol. The number of nitrogens with zero attached hydrogens (tertiary/aromatic N) is 1. The van der Waals surface area contributed by atoms with Crippen LogP contribution in [0.3, 0.4) is 0 Å². The summed E-state index contributed by atoms with van der Waals surface area (Å²) in [6, 6.07) is 5.28. The van der Waals surface area contributed by atoms with Gasteiger partial charge in [0.25, 0.3) is 0 Å². The minimum atomic E-state index is -0.409. The van der Waals surface area contributed by atoms with E-state index in [1.807, 2.05) is 0 Å². The average Bonchev–Trinajstić information content (AvgIpc) is 2.74.